The summed E-state index contributed by atoms with van der Waals surface area (Å²) in [7, 11) is 0. The molecular formula is C63H98O29. The van der Waals surface area contributed by atoms with E-state index in [2.05, 4.69) is 40.7 Å². The highest BCUT2D eigenvalue weighted by atomic mass is 16.8. The van der Waals surface area contributed by atoms with Crippen LogP contribution in [0, 0.1) is 50.2 Å². The van der Waals surface area contributed by atoms with Crippen molar-refractivity contribution in [1.29, 1.82) is 0 Å². The second kappa shape index (κ2) is 25.8. The number of esters is 3. The monoisotopic (exact) mass is 1320 g/mol. The first-order valence-electron chi connectivity index (χ1n) is 32.6. The van der Waals surface area contributed by atoms with E-state index in [1.165, 1.54) is 6.92 Å². The summed E-state index contributed by atoms with van der Waals surface area (Å²) in [4.78, 5) is 43.1. The predicted octanol–water partition coefficient (Wildman–Crippen LogP) is -2.68. The van der Waals surface area contributed by atoms with Gasteiger partial charge in [-0.1, -0.05) is 53.2 Å². The molecule has 12 bridgehead atoms. The molecule has 1 spiro atoms. The zero-order valence-corrected chi connectivity index (χ0v) is 53.4. The molecule has 12 heterocycles. The van der Waals surface area contributed by atoms with Crippen LogP contribution in [-0.2, 0) is 71.2 Å². The number of carbonyl (C=O) groups is 3. The molecule has 17 rings (SSSR count). The molecule has 17 aliphatic rings. The van der Waals surface area contributed by atoms with Crippen molar-refractivity contribution in [1.82, 2.24) is 0 Å². The molecule has 12 fully saturated rings. The number of allylic oxidation sites excluding steroid dienone is 2. The maximum Gasteiger partial charge on any atom is 0.315 e. The molecular weight excluding hydrogens is 1220 g/mol. The van der Waals surface area contributed by atoms with E-state index in [9.17, 15) is 81.1 Å². The second-order valence-corrected chi connectivity index (χ2v) is 30.5. The van der Waals surface area contributed by atoms with E-state index in [0.29, 0.717) is 51.4 Å². The zero-order chi connectivity index (χ0) is 66.9. The topological polar surface area (TPSA) is 445 Å². The van der Waals surface area contributed by atoms with Gasteiger partial charge in [-0.15, -0.1) is 0 Å². The van der Waals surface area contributed by atoms with Crippen LogP contribution in [0.3, 0.4) is 0 Å². The fourth-order valence-electron chi connectivity index (χ4n) is 18.5. The summed E-state index contributed by atoms with van der Waals surface area (Å²) in [6.07, 6.45) is -36.9. The largest absolute Gasteiger partial charge is 0.457 e. The van der Waals surface area contributed by atoms with Crippen molar-refractivity contribution in [2.24, 2.45) is 50.2 Å². The minimum atomic E-state index is -2.29. The second-order valence-electron chi connectivity index (χ2n) is 30.5. The van der Waals surface area contributed by atoms with Crippen LogP contribution in [0.25, 0.3) is 0 Å². The van der Waals surface area contributed by atoms with Crippen molar-refractivity contribution in [2.75, 3.05) is 33.0 Å². The molecule has 12 aliphatic heterocycles. The van der Waals surface area contributed by atoms with E-state index in [4.69, 9.17) is 56.8 Å². The van der Waals surface area contributed by atoms with Gasteiger partial charge in [0.2, 0.25) is 6.29 Å². The molecule has 0 aromatic rings. The highest BCUT2D eigenvalue weighted by Crippen LogP contribution is 2.76. The van der Waals surface area contributed by atoms with Gasteiger partial charge in [-0.2, -0.15) is 0 Å². The van der Waals surface area contributed by atoms with Gasteiger partial charge in [0, 0.05) is 5.41 Å². The van der Waals surface area contributed by atoms with Gasteiger partial charge in [0.1, 0.15) is 79.4 Å². The number of aliphatic hydroxyl groups excluding tert-OH is 13. The third kappa shape index (κ3) is 12.1. The number of rotatable bonds is 4. The summed E-state index contributed by atoms with van der Waals surface area (Å²) in [6, 6.07) is 0. The van der Waals surface area contributed by atoms with Crippen LogP contribution in [-0.4, -0.2) is 275 Å². The Hall–Kier alpha value is -2.77. The molecule has 0 aromatic heterocycles. The van der Waals surface area contributed by atoms with Crippen LogP contribution in [0.5, 0.6) is 0 Å². The Morgan fingerprint density at radius 3 is 1.90 bits per heavy atom. The van der Waals surface area contributed by atoms with Gasteiger partial charge < -0.3 is 128 Å². The van der Waals surface area contributed by atoms with Crippen LogP contribution in [0.2, 0.25) is 0 Å². The summed E-state index contributed by atoms with van der Waals surface area (Å²) < 4.78 is 72.3. The Kier molecular flexibility index (Phi) is 19.8. The van der Waals surface area contributed by atoms with E-state index in [-0.39, 0.29) is 29.6 Å². The first-order chi connectivity index (χ1) is 43.1. The van der Waals surface area contributed by atoms with E-state index in [1.807, 2.05) is 6.92 Å². The SMILES string of the molecule is C[C@@H]1O[C@H]2O[C@H]3[C@@H](OC[C@H](O)[C@@H]3O)OC(=O)[C@]34CCC(C)(C)CC3C3=CC[C@H]5[C@@]6(C)C[C@H](O)[C@@H](O[C@@H]7O[C@H](CO)[C@@H](O)[C@H](O)[C@H]7O[C@@H]7OC[C@H](OC(=O)CC(C)(O)CC(=O)O[C@H]1[C@@H](O[C@@H]1OC[C@@H](O)[C@H](O)[C@H]1O)[C@H]2O)[C@H](O)[C@H]7O)[C@@](C)(CO)C6CC[C@@]5(C)C3(C)CC4. The van der Waals surface area contributed by atoms with Gasteiger partial charge in [0.05, 0.1) is 75.2 Å². The average molecular weight is 1320 g/mol. The summed E-state index contributed by atoms with van der Waals surface area (Å²) in [5.74, 6) is -3.90. The molecule has 0 aromatic carbocycles. The lowest BCUT2D eigenvalue weighted by atomic mass is 9.33. The van der Waals surface area contributed by atoms with Gasteiger partial charge in [0.25, 0.3) is 0 Å². The maximum absolute atomic E-state index is 15.6. The Morgan fingerprint density at radius 2 is 1.21 bits per heavy atom. The minimum Gasteiger partial charge on any atom is -0.457 e. The number of ether oxygens (including phenoxy) is 12. The molecule has 0 radical (unpaired) electrons. The van der Waals surface area contributed by atoms with Crippen LogP contribution in [0.15, 0.2) is 11.6 Å². The molecule has 14 N–H and O–H groups in total. The van der Waals surface area contributed by atoms with Crippen LogP contribution in [0.1, 0.15) is 126 Å². The molecule has 33 atom stereocenters. The fourth-order valence-corrected chi connectivity index (χ4v) is 18.5. The number of hydrogen-bond acceptors (Lipinski definition) is 29. The van der Waals surface area contributed by atoms with Crippen molar-refractivity contribution in [3.8, 4) is 0 Å². The quantitative estimate of drug-likeness (QED) is 0.0590. The Bertz CT molecular complexity index is 2700. The normalized spacial score (nSPS) is 54.4. The van der Waals surface area contributed by atoms with Crippen molar-refractivity contribution in [2.45, 2.75) is 279 Å². The van der Waals surface area contributed by atoms with Crippen molar-refractivity contribution < 1.29 is 143 Å². The lowest BCUT2D eigenvalue weighted by Crippen LogP contribution is -2.70. The third-order valence-corrected chi connectivity index (χ3v) is 24.0. The molecule has 29 heteroatoms. The Labute approximate surface area is 533 Å². The molecule has 4 unspecified atom stereocenters. The van der Waals surface area contributed by atoms with E-state index < -0.39 is 244 Å². The van der Waals surface area contributed by atoms with Crippen molar-refractivity contribution in [3.63, 3.8) is 0 Å². The smallest absolute Gasteiger partial charge is 0.315 e. The molecule has 92 heavy (non-hydrogen) atoms. The molecule has 8 saturated heterocycles. The Balaban J connectivity index is 0.951. The molecule has 524 valence electrons. The minimum absolute atomic E-state index is 0.109. The van der Waals surface area contributed by atoms with Crippen LogP contribution < -0.4 is 0 Å². The average Bonchev–Trinajstić information content (AvgIpc) is 0.674. The first kappa shape index (κ1) is 70.5. The van der Waals surface area contributed by atoms with Crippen molar-refractivity contribution in [3.05, 3.63) is 11.6 Å². The standard InChI is InChI=1S/C63H98O29/c1-26-46-47(88-51-43(76)38(71)30(67)22-81-51)45(78)53(84-26)90-48-39(72)31(68)23-82-54(48)92-56(79)63-15-13-57(2,3)17-28(63)27-9-10-35-59(5)18-29(66)50(60(6,25-65)34(59)11-12-62(35,8)61(27,7)14-16-63)91-55-49(42(75)40(73)32(21-64)86-55)89-52-44(77)41(74)33(24-83-52)85-36(69)19-58(4,80)20-37(70)87-46/h9,26,28-35,38-55,64-68,71-78,80H,10-25H2,1-8H3/t26-,28?,29-,30+,31-,32+,33-,34?,35-,38-,39-,40+,41-,42-,43+,44+,45+,46+,47-,48+,49+,50+,51-,52-,53-,54-,55-,58?,59-,60-,61?,62+,63-/m0/s1. The molecule has 5 aliphatic carbocycles. The van der Waals surface area contributed by atoms with E-state index in [0.717, 1.165) is 12.5 Å². The number of hydrogen-bond donors (Lipinski definition) is 14. The molecule has 0 amide bonds. The Morgan fingerprint density at radius 1 is 0.565 bits per heavy atom. The van der Waals surface area contributed by atoms with Gasteiger partial charge in [-0.05, 0) is 111 Å². The van der Waals surface area contributed by atoms with E-state index in [1.54, 1.807) is 0 Å². The summed E-state index contributed by atoms with van der Waals surface area (Å²) in [6.45, 7) is 12.2. The third-order valence-electron chi connectivity index (χ3n) is 24.0. The summed E-state index contributed by atoms with van der Waals surface area (Å²) >= 11 is 0. The zero-order valence-electron chi connectivity index (χ0n) is 53.4. The van der Waals surface area contributed by atoms with Crippen molar-refractivity contribution >= 4 is 17.9 Å². The first-order valence-corrected chi connectivity index (χ1v) is 32.6. The predicted molar refractivity (Wildman–Crippen MR) is 306 cm³/mol. The highest BCUT2D eigenvalue weighted by molar-refractivity contribution is 5.79. The molecule has 4 saturated carbocycles. The van der Waals surface area contributed by atoms with Crippen LogP contribution in [0.4, 0.5) is 0 Å². The van der Waals surface area contributed by atoms with Gasteiger partial charge >= 0.3 is 17.9 Å². The maximum atomic E-state index is 15.6. The number of carbonyl (C=O) groups excluding carboxylic acids is 3. The number of aliphatic hydroxyl groups is 14. The van der Waals surface area contributed by atoms with E-state index >= 15 is 4.79 Å². The fraction of sp³-hybridized carbons (Fsp3) is 0.921. The van der Waals surface area contributed by atoms with Gasteiger partial charge in [0.15, 0.2) is 43.5 Å². The highest BCUT2D eigenvalue weighted by Gasteiger charge is 2.72. The summed E-state index contributed by atoms with van der Waals surface area (Å²) in [5, 5.41) is 159. The summed E-state index contributed by atoms with van der Waals surface area (Å²) in [5.41, 5.74) is -5.49. The van der Waals surface area contributed by atoms with Gasteiger partial charge in [-0.3, -0.25) is 14.4 Å². The lowest BCUT2D eigenvalue weighted by molar-refractivity contribution is -0.377. The van der Waals surface area contributed by atoms with Crippen LogP contribution >= 0.6 is 0 Å². The van der Waals surface area contributed by atoms with Gasteiger partial charge in [-0.25, -0.2) is 0 Å². The molecule has 29 nitrogen and oxygen atoms in total. The lowest BCUT2D eigenvalue weighted by Gasteiger charge is -2.72.